The summed E-state index contributed by atoms with van der Waals surface area (Å²) in [7, 11) is 1.57. The van der Waals surface area contributed by atoms with Gasteiger partial charge in [0.05, 0.1) is 7.11 Å². The van der Waals surface area contributed by atoms with Crippen molar-refractivity contribution < 1.29 is 14.3 Å². The lowest BCUT2D eigenvalue weighted by molar-refractivity contribution is -0.123. The first kappa shape index (κ1) is 17.0. The minimum Gasteiger partial charge on any atom is -0.493 e. The molecule has 25 heavy (non-hydrogen) atoms. The van der Waals surface area contributed by atoms with Crippen LogP contribution < -0.4 is 14.8 Å². The summed E-state index contributed by atoms with van der Waals surface area (Å²) in [5.74, 6) is 0.949. The third kappa shape index (κ3) is 4.39. The fourth-order valence-electron chi connectivity index (χ4n) is 2.41. The van der Waals surface area contributed by atoms with Crippen LogP contribution in [0.25, 0.3) is 0 Å². The molecule has 6 nitrogen and oxygen atoms in total. The number of amides is 1. The molecule has 1 amide bonds. The Hall–Kier alpha value is -2.80. The van der Waals surface area contributed by atoms with Crippen molar-refractivity contribution in [2.45, 2.75) is 6.04 Å². The van der Waals surface area contributed by atoms with Gasteiger partial charge in [0.25, 0.3) is 5.91 Å². The Kier molecular flexibility index (Phi) is 5.69. The molecule has 0 aliphatic carbocycles. The number of benzene rings is 1. The Morgan fingerprint density at radius 3 is 2.76 bits per heavy atom. The molecule has 1 N–H and O–H groups in total. The molecule has 0 saturated heterocycles. The van der Waals surface area contributed by atoms with E-state index in [1.165, 1.54) is 0 Å². The van der Waals surface area contributed by atoms with Gasteiger partial charge >= 0.3 is 0 Å². The van der Waals surface area contributed by atoms with E-state index in [0.29, 0.717) is 18.0 Å². The quantitative estimate of drug-likeness (QED) is 0.673. The summed E-state index contributed by atoms with van der Waals surface area (Å²) >= 11 is 1.64. The summed E-state index contributed by atoms with van der Waals surface area (Å²) in [6, 6.07) is 13.1. The van der Waals surface area contributed by atoms with Gasteiger partial charge in [-0.25, -0.2) is 0 Å². The van der Waals surface area contributed by atoms with E-state index >= 15 is 0 Å². The average Bonchev–Trinajstić information content (AvgIpc) is 3.35. The van der Waals surface area contributed by atoms with Crippen LogP contribution in [0.4, 0.5) is 0 Å². The Morgan fingerprint density at radius 1 is 1.24 bits per heavy atom. The Morgan fingerprint density at radius 2 is 2.08 bits per heavy atom. The highest BCUT2D eigenvalue weighted by Gasteiger charge is 2.16. The summed E-state index contributed by atoms with van der Waals surface area (Å²) in [5, 5.41) is 9.21. The fourth-order valence-corrected chi connectivity index (χ4v) is 3.23. The number of rotatable bonds is 8. The van der Waals surface area contributed by atoms with E-state index < -0.39 is 0 Å². The van der Waals surface area contributed by atoms with Crippen LogP contribution in [0.1, 0.15) is 10.9 Å². The summed E-state index contributed by atoms with van der Waals surface area (Å²) in [6.45, 7) is 0.368. The van der Waals surface area contributed by atoms with Crippen molar-refractivity contribution in [1.82, 2.24) is 15.1 Å². The zero-order chi connectivity index (χ0) is 17.5. The zero-order valence-electron chi connectivity index (χ0n) is 13.8. The molecule has 130 valence electrons. The van der Waals surface area contributed by atoms with Crippen LogP contribution in [0.3, 0.4) is 0 Å². The minimum absolute atomic E-state index is 0.0368. The second-order valence-corrected chi connectivity index (χ2v) is 6.24. The van der Waals surface area contributed by atoms with Gasteiger partial charge in [-0.15, -0.1) is 11.3 Å². The molecule has 1 unspecified atom stereocenters. The number of methoxy groups -OCH3 is 1. The molecule has 0 fully saturated rings. The molecular weight excluding hydrogens is 338 g/mol. The number of hydrogen-bond acceptors (Lipinski definition) is 5. The molecule has 0 aliphatic heterocycles. The smallest absolute Gasteiger partial charge is 0.258 e. The number of carbonyl (C=O) groups is 1. The Labute approximate surface area is 150 Å². The van der Waals surface area contributed by atoms with Gasteiger partial charge in [0, 0.05) is 23.8 Å². The van der Waals surface area contributed by atoms with E-state index in [1.54, 1.807) is 36.8 Å². The summed E-state index contributed by atoms with van der Waals surface area (Å²) in [4.78, 5) is 13.3. The lowest BCUT2D eigenvalue weighted by Gasteiger charge is -2.17. The number of aromatic nitrogens is 2. The number of carbonyl (C=O) groups excluding carboxylic acids is 1. The normalized spacial score (nSPS) is 11.7. The van der Waals surface area contributed by atoms with Gasteiger partial charge in [-0.05, 0) is 29.6 Å². The van der Waals surface area contributed by atoms with Crippen LogP contribution in [0, 0.1) is 0 Å². The molecule has 1 aromatic carbocycles. The van der Waals surface area contributed by atoms with Crippen molar-refractivity contribution in [2.75, 3.05) is 20.3 Å². The number of nitrogens with one attached hydrogen (secondary N) is 1. The van der Waals surface area contributed by atoms with E-state index in [9.17, 15) is 4.79 Å². The van der Waals surface area contributed by atoms with Gasteiger partial charge in [-0.1, -0.05) is 18.2 Å². The Bertz CT molecular complexity index is 754. The molecule has 0 spiro atoms. The lowest BCUT2D eigenvalue weighted by atomic mass is 10.2. The highest BCUT2D eigenvalue weighted by atomic mass is 32.1. The summed E-state index contributed by atoms with van der Waals surface area (Å²) < 4.78 is 12.6. The largest absolute Gasteiger partial charge is 0.493 e. The van der Waals surface area contributed by atoms with E-state index in [4.69, 9.17) is 9.47 Å². The van der Waals surface area contributed by atoms with Gasteiger partial charge in [0.1, 0.15) is 6.04 Å². The third-order valence-corrected chi connectivity index (χ3v) is 4.61. The van der Waals surface area contributed by atoms with Crippen molar-refractivity contribution in [1.29, 1.82) is 0 Å². The van der Waals surface area contributed by atoms with Crippen LogP contribution in [0.15, 0.2) is 60.2 Å². The molecule has 2 aromatic heterocycles. The molecule has 0 aliphatic rings. The van der Waals surface area contributed by atoms with Crippen molar-refractivity contribution in [3.05, 3.63) is 65.1 Å². The molecule has 0 saturated carbocycles. The molecule has 3 rings (SSSR count). The number of nitrogens with zero attached hydrogens (tertiary/aromatic N) is 2. The summed E-state index contributed by atoms with van der Waals surface area (Å²) in [5.41, 5.74) is 0. The molecule has 0 bridgehead atoms. The van der Waals surface area contributed by atoms with Crippen LogP contribution in [0.2, 0.25) is 0 Å². The maximum atomic E-state index is 12.2. The van der Waals surface area contributed by atoms with E-state index in [2.05, 4.69) is 10.4 Å². The van der Waals surface area contributed by atoms with Gasteiger partial charge in [0.2, 0.25) is 0 Å². The second-order valence-electron chi connectivity index (χ2n) is 5.26. The minimum atomic E-state index is -0.195. The van der Waals surface area contributed by atoms with Gasteiger partial charge < -0.3 is 14.8 Å². The van der Waals surface area contributed by atoms with E-state index in [0.717, 1.165) is 4.88 Å². The van der Waals surface area contributed by atoms with E-state index in [-0.39, 0.29) is 18.6 Å². The van der Waals surface area contributed by atoms with Crippen molar-refractivity contribution >= 4 is 17.2 Å². The first-order valence-corrected chi connectivity index (χ1v) is 8.71. The van der Waals surface area contributed by atoms with Gasteiger partial charge in [-0.3, -0.25) is 9.48 Å². The lowest BCUT2D eigenvalue weighted by Crippen LogP contribution is -2.34. The molecule has 2 heterocycles. The average molecular weight is 357 g/mol. The number of ether oxygens (including phenoxy) is 2. The first-order chi connectivity index (χ1) is 12.3. The second kappa shape index (κ2) is 8.34. The maximum Gasteiger partial charge on any atom is 0.258 e. The monoisotopic (exact) mass is 357 g/mol. The predicted molar refractivity (Wildman–Crippen MR) is 96.2 cm³/mol. The fraction of sp³-hybridized carbons (Fsp3) is 0.222. The predicted octanol–water partition coefficient (Wildman–Crippen LogP) is 2.74. The number of para-hydroxylation sites is 2. The first-order valence-electron chi connectivity index (χ1n) is 7.83. The molecule has 7 heteroatoms. The van der Waals surface area contributed by atoms with Crippen molar-refractivity contribution in [3.8, 4) is 11.5 Å². The van der Waals surface area contributed by atoms with Crippen LogP contribution in [-0.4, -0.2) is 35.9 Å². The highest BCUT2D eigenvalue weighted by Crippen LogP contribution is 2.25. The summed E-state index contributed by atoms with van der Waals surface area (Å²) in [6.07, 6.45) is 3.62. The van der Waals surface area contributed by atoms with Crippen LogP contribution in [0.5, 0.6) is 11.5 Å². The van der Waals surface area contributed by atoms with Crippen molar-refractivity contribution in [3.63, 3.8) is 0 Å². The van der Waals surface area contributed by atoms with Crippen LogP contribution in [-0.2, 0) is 4.79 Å². The third-order valence-electron chi connectivity index (χ3n) is 3.64. The maximum absolute atomic E-state index is 12.2. The molecule has 1 atom stereocenters. The number of hydrogen-bond donors (Lipinski definition) is 1. The van der Waals surface area contributed by atoms with Gasteiger partial charge in [-0.2, -0.15) is 5.10 Å². The SMILES string of the molecule is COc1ccccc1OCC(=O)NCC(c1cccs1)n1cccn1. The Balaban J connectivity index is 1.57. The highest BCUT2D eigenvalue weighted by molar-refractivity contribution is 7.10. The topological polar surface area (TPSA) is 65.4 Å². The number of thiophene rings is 1. The van der Waals surface area contributed by atoms with Gasteiger partial charge in [0.15, 0.2) is 18.1 Å². The molecular formula is C18H19N3O3S. The molecule has 0 radical (unpaired) electrons. The van der Waals surface area contributed by atoms with Crippen molar-refractivity contribution in [2.24, 2.45) is 0 Å². The molecule has 3 aromatic rings. The standard InChI is InChI=1S/C18H19N3O3S/c1-23-15-6-2-3-7-16(15)24-13-18(22)19-12-14(17-8-4-11-25-17)21-10-5-9-20-21/h2-11,14H,12-13H2,1H3,(H,19,22). The zero-order valence-corrected chi connectivity index (χ0v) is 14.6. The van der Waals surface area contributed by atoms with Crippen LogP contribution >= 0.6 is 11.3 Å². The van der Waals surface area contributed by atoms with E-state index in [1.807, 2.05) is 46.6 Å².